The molecule has 0 aromatic heterocycles. The van der Waals surface area contributed by atoms with Gasteiger partial charge in [-0.25, -0.2) is 4.79 Å². The average Bonchev–Trinajstić information content (AvgIpc) is 2.33. The van der Waals surface area contributed by atoms with Crippen LogP contribution in [0.25, 0.3) is 0 Å². The van der Waals surface area contributed by atoms with Crippen LogP contribution in [0.5, 0.6) is 0 Å². The highest BCUT2D eigenvalue weighted by molar-refractivity contribution is 5.77. The van der Waals surface area contributed by atoms with Crippen molar-refractivity contribution in [2.45, 2.75) is 66.0 Å². The summed E-state index contributed by atoms with van der Waals surface area (Å²) < 4.78 is 5.20. The quantitative estimate of drug-likeness (QED) is 0.809. The topological polar surface area (TPSA) is 75.6 Å². The maximum absolute atomic E-state index is 11.8. The van der Waals surface area contributed by atoms with Gasteiger partial charge >= 0.3 is 12.1 Å². The molecule has 0 saturated heterocycles. The summed E-state index contributed by atoms with van der Waals surface area (Å²) in [6.07, 6.45) is 0.618. The molecule has 1 aliphatic rings. The van der Waals surface area contributed by atoms with E-state index in [2.05, 4.69) is 5.32 Å². The predicted octanol–water partition coefficient (Wildman–Crippen LogP) is 2.79. The highest BCUT2D eigenvalue weighted by Crippen LogP contribution is 2.49. The van der Waals surface area contributed by atoms with Crippen molar-refractivity contribution in [1.82, 2.24) is 5.32 Å². The molecule has 110 valence electrons. The number of carboxylic acid groups (broad SMARTS) is 1. The summed E-state index contributed by atoms with van der Waals surface area (Å²) in [5, 5.41) is 12.1. The molecule has 0 radical (unpaired) electrons. The van der Waals surface area contributed by atoms with Crippen LogP contribution in [0.4, 0.5) is 4.79 Å². The normalized spacial score (nSPS) is 29.9. The summed E-state index contributed by atoms with van der Waals surface area (Å²) >= 11 is 0. The first kappa shape index (κ1) is 15.8. The van der Waals surface area contributed by atoms with Crippen molar-refractivity contribution in [1.29, 1.82) is 0 Å². The Bertz CT molecular complexity index is 383. The van der Waals surface area contributed by atoms with Gasteiger partial charge in [0.2, 0.25) is 0 Å². The molecule has 0 aromatic carbocycles. The second-order valence-corrected chi connectivity index (χ2v) is 7.47. The number of ether oxygens (including phenoxy) is 1. The highest BCUT2D eigenvalue weighted by Gasteiger charge is 2.53. The number of alkyl carbamates (subject to hydrolysis) is 1. The third-order valence-electron chi connectivity index (χ3n) is 3.55. The molecule has 0 heterocycles. The lowest BCUT2D eigenvalue weighted by Crippen LogP contribution is -2.48. The zero-order chi connectivity index (χ0) is 15.1. The molecule has 2 N–H and O–H groups in total. The molecule has 0 aromatic rings. The number of carbonyl (C=O) groups excluding carboxylic acids is 1. The van der Waals surface area contributed by atoms with Crippen molar-refractivity contribution in [3.8, 4) is 0 Å². The van der Waals surface area contributed by atoms with Crippen molar-refractivity contribution >= 4 is 12.1 Å². The summed E-state index contributed by atoms with van der Waals surface area (Å²) in [5.41, 5.74) is -1.63. The standard InChI is InChI=1S/C14H25NO4/c1-12(2,3)19-11(18)15-9-7-13(4,5)8-14(9,6)10(16)17/h9H,7-8H2,1-6H3,(H,15,18)(H,16,17). The molecule has 5 heteroatoms. The maximum Gasteiger partial charge on any atom is 0.407 e. The minimum atomic E-state index is -0.944. The van der Waals surface area contributed by atoms with Gasteiger partial charge in [0.1, 0.15) is 5.60 Å². The SMILES string of the molecule is CC1(C)CC(NC(=O)OC(C)(C)C)C(C)(C(=O)O)C1. The fourth-order valence-electron chi connectivity index (χ4n) is 2.85. The van der Waals surface area contributed by atoms with Gasteiger partial charge in [-0.05, 0) is 46.0 Å². The third kappa shape index (κ3) is 3.85. The Morgan fingerprint density at radius 3 is 2.21 bits per heavy atom. The molecule has 19 heavy (non-hydrogen) atoms. The minimum Gasteiger partial charge on any atom is -0.481 e. The van der Waals surface area contributed by atoms with Gasteiger partial charge in [-0.1, -0.05) is 13.8 Å². The summed E-state index contributed by atoms with van der Waals surface area (Å²) in [4.78, 5) is 23.3. The lowest BCUT2D eigenvalue weighted by Gasteiger charge is -2.29. The Morgan fingerprint density at radius 2 is 1.79 bits per heavy atom. The van der Waals surface area contributed by atoms with Crippen molar-refractivity contribution in [2.75, 3.05) is 0 Å². The Labute approximate surface area is 114 Å². The van der Waals surface area contributed by atoms with Gasteiger partial charge < -0.3 is 15.2 Å². The van der Waals surface area contributed by atoms with Gasteiger partial charge in [-0.3, -0.25) is 4.79 Å². The van der Waals surface area contributed by atoms with E-state index in [0.717, 1.165) is 0 Å². The van der Waals surface area contributed by atoms with Crippen LogP contribution in [0.15, 0.2) is 0 Å². The first-order chi connectivity index (χ1) is 8.36. The molecule has 0 spiro atoms. The van der Waals surface area contributed by atoms with Crippen LogP contribution in [-0.4, -0.2) is 28.8 Å². The van der Waals surface area contributed by atoms with E-state index in [1.54, 1.807) is 27.7 Å². The maximum atomic E-state index is 11.8. The lowest BCUT2D eigenvalue weighted by molar-refractivity contribution is -0.149. The van der Waals surface area contributed by atoms with Crippen molar-refractivity contribution in [3.05, 3.63) is 0 Å². The van der Waals surface area contributed by atoms with E-state index in [1.165, 1.54) is 0 Å². The zero-order valence-corrected chi connectivity index (χ0v) is 12.7. The van der Waals surface area contributed by atoms with Gasteiger partial charge in [0.05, 0.1) is 5.41 Å². The molecule has 1 fully saturated rings. The van der Waals surface area contributed by atoms with E-state index >= 15 is 0 Å². The van der Waals surface area contributed by atoms with E-state index < -0.39 is 29.1 Å². The zero-order valence-electron chi connectivity index (χ0n) is 12.7. The van der Waals surface area contributed by atoms with Crippen LogP contribution in [0.1, 0.15) is 54.4 Å². The van der Waals surface area contributed by atoms with Gasteiger partial charge in [-0.15, -0.1) is 0 Å². The first-order valence-electron chi connectivity index (χ1n) is 6.59. The molecule has 0 bridgehead atoms. The van der Waals surface area contributed by atoms with Gasteiger partial charge in [0.25, 0.3) is 0 Å². The average molecular weight is 271 g/mol. The van der Waals surface area contributed by atoms with Crippen molar-refractivity contribution in [3.63, 3.8) is 0 Å². The van der Waals surface area contributed by atoms with Crippen molar-refractivity contribution in [2.24, 2.45) is 10.8 Å². The van der Waals surface area contributed by atoms with Crippen LogP contribution in [0.3, 0.4) is 0 Å². The highest BCUT2D eigenvalue weighted by atomic mass is 16.6. The summed E-state index contributed by atoms with van der Waals surface area (Å²) in [6.45, 7) is 11.1. The number of nitrogens with one attached hydrogen (secondary N) is 1. The minimum absolute atomic E-state index is 0.104. The molecular formula is C14H25NO4. The van der Waals surface area contributed by atoms with Crippen LogP contribution < -0.4 is 5.32 Å². The van der Waals surface area contributed by atoms with Crippen molar-refractivity contribution < 1.29 is 19.4 Å². The van der Waals surface area contributed by atoms with E-state index in [1.807, 2.05) is 13.8 Å². The summed E-state index contributed by atoms with van der Waals surface area (Å²) in [7, 11) is 0. The molecule has 1 saturated carbocycles. The largest absolute Gasteiger partial charge is 0.481 e. The Balaban J connectivity index is 2.81. The van der Waals surface area contributed by atoms with E-state index in [4.69, 9.17) is 4.74 Å². The first-order valence-corrected chi connectivity index (χ1v) is 6.59. The number of hydrogen-bond donors (Lipinski definition) is 2. The molecular weight excluding hydrogens is 246 g/mol. The smallest absolute Gasteiger partial charge is 0.407 e. The van der Waals surface area contributed by atoms with E-state index in [9.17, 15) is 14.7 Å². The number of rotatable bonds is 2. The third-order valence-corrected chi connectivity index (χ3v) is 3.55. The number of carbonyl (C=O) groups is 2. The Morgan fingerprint density at radius 1 is 1.26 bits per heavy atom. The molecule has 1 amide bonds. The molecule has 1 aliphatic carbocycles. The van der Waals surface area contributed by atoms with E-state index in [-0.39, 0.29) is 5.41 Å². The van der Waals surface area contributed by atoms with Gasteiger partial charge in [0.15, 0.2) is 0 Å². The molecule has 0 aliphatic heterocycles. The summed E-state index contributed by atoms with van der Waals surface area (Å²) in [6, 6.07) is -0.408. The van der Waals surface area contributed by atoms with Crippen LogP contribution >= 0.6 is 0 Å². The predicted molar refractivity (Wildman–Crippen MR) is 71.9 cm³/mol. The lowest BCUT2D eigenvalue weighted by atomic mass is 9.82. The van der Waals surface area contributed by atoms with Gasteiger partial charge in [0, 0.05) is 6.04 Å². The van der Waals surface area contributed by atoms with Crippen LogP contribution in [0.2, 0.25) is 0 Å². The second-order valence-electron chi connectivity index (χ2n) is 7.47. The molecule has 1 rings (SSSR count). The second kappa shape index (κ2) is 4.69. The molecule has 5 nitrogen and oxygen atoms in total. The monoisotopic (exact) mass is 271 g/mol. The molecule has 2 atom stereocenters. The Hall–Kier alpha value is -1.26. The number of amides is 1. The van der Waals surface area contributed by atoms with Crippen LogP contribution in [-0.2, 0) is 9.53 Å². The summed E-state index contributed by atoms with van der Waals surface area (Å²) in [5.74, 6) is -0.876. The number of hydrogen-bond acceptors (Lipinski definition) is 3. The number of carboxylic acids is 1. The molecule has 2 unspecified atom stereocenters. The fraction of sp³-hybridized carbons (Fsp3) is 0.857. The van der Waals surface area contributed by atoms with Gasteiger partial charge in [-0.2, -0.15) is 0 Å². The fourth-order valence-corrected chi connectivity index (χ4v) is 2.85. The van der Waals surface area contributed by atoms with E-state index in [0.29, 0.717) is 12.8 Å². The number of aliphatic carboxylic acids is 1. The van der Waals surface area contributed by atoms with Crippen LogP contribution in [0, 0.1) is 10.8 Å². The Kier molecular flexibility index (Phi) is 3.90.